The number of nitrogens with one attached hydrogen (secondary N) is 1. The number of phenolic OH excluding ortho intramolecular Hbond substituents is 1. The number of rotatable bonds is 6. The molecule has 0 saturated carbocycles. The number of aromatic hydroxyl groups is 2. The van der Waals surface area contributed by atoms with Gasteiger partial charge in [-0.1, -0.05) is 23.5 Å². The molecule has 4 heterocycles. The number of anilines is 1. The molecule has 0 bridgehead atoms. The normalized spacial score (nSPS) is 17.3. The minimum atomic E-state index is -3.63. The standard InChI is InChI=1S/C22H22BrN5O4S2/c23-16-12-25-28-19(10-17(26-22(16)28)15-5-1-2-6-18(15)29)24-11-14-4-3-9-27(13-14)34(31,32)21-8-7-20(30)33-21/h1-2,5-8,10,12,14,24,29-30H,3-4,9,11,13H2. The van der Waals surface area contributed by atoms with E-state index >= 15 is 0 Å². The van der Waals surface area contributed by atoms with Crippen LogP contribution in [-0.2, 0) is 10.0 Å². The van der Waals surface area contributed by atoms with Crippen molar-refractivity contribution in [2.24, 2.45) is 5.92 Å². The second kappa shape index (κ2) is 9.17. The second-order valence-corrected chi connectivity index (χ2v) is 12.2. The van der Waals surface area contributed by atoms with Gasteiger partial charge >= 0.3 is 0 Å². The summed E-state index contributed by atoms with van der Waals surface area (Å²) in [4.78, 5) is 4.65. The zero-order valence-corrected chi connectivity index (χ0v) is 21.1. The summed E-state index contributed by atoms with van der Waals surface area (Å²) >= 11 is 4.35. The van der Waals surface area contributed by atoms with E-state index in [1.807, 2.05) is 12.1 Å². The maximum absolute atomic E-state index is 13.0. The zero-order valence-electron chi connectivity index (χ0n) is 17.9. The number of fused-ring (bicyclic) bond motifs is 1. The first kappa shape index (κ1) is 23.1. The van der Waals surface area contributed by atoms with Crippen molar-refractivity contribution in [2.75, 3.05) is 25.0 Å². The third kappa shape index (κ3) is 4.38. The quantitative estimate of drug-likeness (QED) is 0.322. The summed E-state index contributed by atoms with van der Waals surface area (Å²) in [5, 5.41) is 27.7. The lowest BCUT2D eigenvalue weighted by Gasteiger charge is -2.31. The Hall–Kier alpha value is -2.67. The molecule has 0 radical (unpaired) electrons. The number of hydrogen-bond donors (Lipinski definition) is 3. The Kier molecular flexibility index (Phi) is 6.23. The average Bonchev–Trinajstić information content (AvgIpc) is 3.44. The Morgan fingerprint density at radius 2 is 2.03 bits per heavy atom. The summed E-state index contributed by atoms with van der Waals surface area (Å²) < 4.78 is 30.0. The molecule has 0 spiro atoms. The maximum Gasteiger partial charge on any atom is 0.252 e. The van der Waals surface area contributed by atoms with Gasteiger partial charge in [0.15, 0.2) is 10.7 Å². The van der Waals surface area contributed by atoms with Crippen LogP contribution in [0.3, 0.4) is 0 Å². The van der Waals surface area contributed by atoms with E-state index in [1.54, 1.807) is 28.9 Å². The molecule has 1 saturated heterocycles. The van der Waals surface area contributed by atoms with Gasteiger partial charge in [0.25, 0.3) is 10.0 Å². The Balaban J connectivity index is 1.38. The van der Waals surface area contributed by atoms with Crippen LogP contribution in [0.15, 0.2) is 57.3 Å². The van der Waals surface area contributed by atoms with Gasteiger partial charge in [-0.3, -0.25) is 0 Å². The molecule has 178 valence electrons. The highest BCUT2D eigenvalue weighted by atomic mass is 79.9. The van der Waals surface area contributed by atoms with Gasteiger partial charge in [-0.05, 0) is 59.0 Å². The zero-order chi connectivity index (χ0) is 23.9. The lowest BCUT2D eigenvalue weighted by atomic mass is 10.00. The summed E-state index contributed by atoms with van der Waals surface area (Å²) in [5.74, 6) is 0.915. The fraction of sp³-hybridized carbons (Fsp3) is 0.273. The summed E-state index contributed by atoms with van der Waals surface area (Å²) in [7, 11) is -3.63. The molecule has 9 nitrogen and oxygen atoms in total. The van der Waals surface area contributed by atoms with Crippen LogP contribution in [0.2, 0.25) is 0 Å². The number of benzene rings is 1. The number of piperidine rings is 1. The predicted molar refractivity (Wildman–Crippen MR) is 134 cm³/mol. The summed E-state index contributed by atoms with van der Waals surface area (Å²) in [6.07, 6.45) is 3.30. The largest absolute Gasteiger partial charge is 0.507 e. The van der Waals surface area contributed by atoms with Crippen LogP contribution in [0.1, 0.15) is 12.8 Å². The first-order valence-corrected chi connectivity index (χ1v) is 13.7. The van der Waals surface area contributed by atoms with Crippen molar-refractivity contribution >= 4 is 48.8 Å². The number of phenols is 1. The summed E-state index contributed by atoms with van der Waals surface area (Å²) in [5.41, 5.74) is 1.81. The Morgan fingerprint density at radius 3 is 2.79 bits per heavy atom. The Labute approximate surface area is 208 Å². The average molecular weight is 564 g/mol. The van der Waals surface area contributed by atoms with Crippen LogP contribution in [0.4, 0.5) is 5.82 Å². The fourth-order valence-electron chi connectivity index (χ4n) is 4.13. The highest BCUT2D eigenvalue weighted by Crippen LogP contribution is 2.33. The Morgan fingerprint density at radius 1 is 1.21 bits per heavy atom. The van der Waals surface area contributed by atoms with Gasteiger partial charge in [-0.25, -0.2) is 13.4 Å². The van der Waals surface area contributed by atoms with Crippen molar-refractivity contribution in [3.63, 3.8) is 0 Å². The van der Waals surface area contributed by atoms with Gasteiger partial charge in [0.05, 0.1) is 16.4 Å². The molecule has 3 N–H and O–H groups in total. The van der Waals surface area contributed by atoms with Crippen molar-refractivity contribution in [1.29, 1.82) is 0 Å². The lowest BCUT2D eigenvalue weighted by Crippen LogP contribution is -2.41. The van der Waals surface area contributed by atoms with Crippen LogP contribution in [-0.4, -0.2) is 57.2 Å². The maximum atomic E-state index is 13.0. The van der Waals surface area contributed by atoms with E-state index < -0.39 is 10.0 Å². The van der Waals surface area contributed by atoms with Crippen molar-refractivity contribution in [2.45, 2.75) is 17.1 Å². The van der Waals surface area contributed by atoms with E-state index in [2.05, 4.69) is 31.3 Å². The van der Waals surface area contributed by atoms with E-state index in [0.717, 1.165) is 28.7 Å². The first-order chi connectivity index (χ1) is 16.3. The third-order valence-electron chi connectivity index (χ3n) is 5.82. The fourth-order valence-corrected chi connectivity index (χ4v) is 7.22. The molecule has 1 atom stereocenters. The van der Waals surface area contributed by atoms with E-state index in [0.29, 0.717) is 42.4 Å². The van der Waals surface area contributed by atoms with Gasteiger partial charge in [0.1, 0.15) is 15.8 Å². The summed E-state index contributed by atoms with van der Waals surface area (Å²) in [6, 6.07) is 11.7. The van der Waals surface area contributed by atoms with Gasteiger partial charge in [-0.15, -0.1) is 0 Å². The van der Waals surface area contributed by atoms with E-state index in [1.165, 1.54) is 16.4 Å². The topological polar surface area (TPSA) is 120 Å². The minimum absolute atomic E-state index is 0.0128. The number of thiophene rings is 1. The van der Waals surface area contributed by atoms with Gasteiger partial charge in [0, 0.05) is 31.3 Å². The number of aromatic nitrogens is 3. The highest BCUT2D eigenvalue weighted by Gasteiger charge is 2.31. The first-order valence-electron chi connectivity index (χ1n) is 10.7. The number of para-hydroxylation sites is 1. The van der Waals surface area contributed by atoms with Crippen molar-refractivity contribution in [3.05, 3.63) is 53.1 Å². The molecule has 3 aromatic heterocycles. The van der Waals surface area contributed by atoms with E-state index in [-0.39, 0.29) is 20.9 Å². The molecule has 1 aliphatic rings. The number of sulfonamides is 1. The molecule has 5 rings (SSSR count). The molecule has 4 aromatic rings. The number of hydrogen-bond acceptors (Lipinski definition) is 8. The summed E-state index contributed by atoms with van der Waals surface area (Å²) in [6.45, 7) is 1.39. The van der Waals surface area contributed by atoms with Gasteiger partial charge in [-0.2, -0.15) is 13.9 Å². The molecule has 0 amide bonds. The molecule has 1 aromatic carbocycles. The minimum Gasteiger partial charge on any atom is -0.507 e. The third-order valence-corrected chi connectivity index (χ3v) is 9.60. The molecule has 34 heavy (non-hydrogen) atoms. The highest BCUT2D eigenvalue weighted by molar-refractivity contribution is 9.10. The number of halogens is 1. The van der Waals surface area contributed by atoms with Crippen molar-refractivity contribution in [3.8, 4) is 22.1 Å². The van der Waals surface area contributed by atoms with Crippen molar-refractivity contribution in [1.82, 2.24) is 18.9 Å². The van der Waals surface area contributed by atoms with Gasteiger partial charge in [0.2, 0.25) is 0 Å². The monoisotopic (exact) mass is 563 g/mol. The molecular formula is C22H22BrN5O4S2. The molecule has 1 unspecified atom stereocenters. The second-order valence-electron chi connectivity index (χ2n) is 8.12. The van der Waals surface area contributed by atoms with Crippen LogP contribution in [0.25, 0.3) is 16.9 Å². The van der Waals surface area contributed by atoms with Crippen LogP contribution < -0.4 is 5.32 Å². The Bertz CT molecular complexity index is 1450. The van der Waals surface area contributed by atoms with Gasteiger partial charge < -0.3 is 15.5 Å². The molecule has 12 heteroatoms. The lowest BCUT2D eigenvalue weighted by molar-refractivity contribution is 0.275. The van der Waals surface area contributed by atoms with Crippen LogP contribution in [0.5, 0.6) is 10.8 Å². The van der Waals surface area contributed by atoms with E-state index in [4.69, 9.17) is 0 Å². The molecular weight excluding hydrogens is 542 g/mol. The van der Waals surface area contributed by atoms with Crippen LogP contribution >= 0.6 is 27.3 Å². The molecule has 1 aliphatic heterocycles. The van der Waals surface area contributed by atoms with E-state index in [9.17, 15) is 18.6 Å². The SMILES string of the molecule is O=S(=O)(c1ccc(O)s1)N1CCCC(CNc2cc(-c3ccccc3O)nc3c(Br)cnn23)C1. The van der Waals surface area contributed by atoms with Crippen LogP contribution in [0, 0.1) is 5.92 Å². The molecule has 0 aliphatic carbocycles. The molecule has 1 fully saturated rings. The predicted octanol–water partition coefficient (Wildman–Crippen LogP) is 4.14. The smallest absolute Gasteiger partial charge is 0.252 e. The number of nitrogens with zero attached hydrogens (tertiary/aromatic N) is 4. The van der Waals surface area contributed by atoms with Crippen molar-refractivity contribution < 1.29 is 18.6 Å².